The van der Waals surface area contributed by atoms with Gasteiger partial charge in [-0.2, -0.15) is 0 Å². The highest BCUT2D eigenvalue weighted by Crippen LogP contribution is 2.14. The summed E-state index contributed by atoms with van der Waals surface area (Å²) in [4.78, 5) is 28.5. The summed E-state index contributed by atoms with van der Waals surface area (Å²) in [5, 5.41) is 0.496. The number of primary amides is 1. The maximum atomic E-state index is 11.9. The molecule has 2 heterocycles. The Morgan fingerprint density at radius 1 is 1.28 bits per heavy atom. The third-order valence-electron chi connectivity index (χ3n) is 2.76. The molecule has 0 saturated heterocycles. The van der Waals surface area contributed by atoms with Crippen molar-refractivity contribution in [2.45, 2.75) is 0 Å². The molecule has 0 bridgehead atoms. The molecular formula is C11H8N4O2S. The Balaban J connectivity index is 2.69. The number of H-pyrrole nitrogens is 2. The number of para-hydroxylation sites is 1. The fourth-order valence-corrected chi connectivity index (χ4v) is 2.29. The Kier molecular flexibility index (Phi) is 2.11. The maximum absolute atomic E-state index is 11.9. The van der Waals surface area contributed by atoms with Gasteiger partial charge in [-0.1, -0.05) is 12.1 Å². The summed E-state index contributed by atoms with van der Waals surface area (Å²) in [7, 11) is 0. The highest BCUT2D eigenvalue weighted by Gasteiger charge is 2.14. The smallest absolute Gasteiger partial charge is 0.269 e. The molecule has 0 unspecified atom stereocenters. The van der Waals surface area contributed by atoms with Crippen LogP contribution < -0.4 is 11.3 Å². The molecule has 0 saturated carbocycles. The van der Waals surface area contributed by atoms with E-state index in [4.69, 9.17) is 18.0 Å². The van der Waals surface area contributed by atoms with E-state index in [2.05, 4.69) is 9.97 Å². The molecule has 3 aromatic rings. The van der Waals surface area contributed by atoms with Crippen LogP contribution in [0.5, 0.6) is 0 Å². The quantitative estimate of drug-likeness (QED) is 0.568. The van der Waals surface area contributed by atoms with Crippen LogP contribution in [0.1, 0.15) is 10.5 Å². The van der Waals surface area contributed by atoms with Crippen LogP contribution in [0.3, 0.4) is 0 Å². The summed E-state index contributed by atoms with van der Waals surface area (Å²) in [5.74, 6) is -0.672. The highest BCUT2D eigenvalue weighted by molar-refractivity contribution is 7.71. The first-order chi connectivity index (χ1) is 8.59. The van der Waals surface area contributed by atoms with Crippen molar-refractivity contribution in [3.63, 3.8) is 0 Å². The number of carbonyl (C=O) groups is 1. The number of aromatic nitrogens is 3. The normalized spacial score (nSPS) is 11.1. The molecule has 0 spiro atoms. The van der Waals surface area contributed by atoms with Crippen LogP contribution >= 0.6 is 12.2 Å². The van der Waals surface area contributed by atoms with E-state index in [1.165, 1.54) is 0 Å². The lowest BCUT2D eigenvalue weighted by Gasteiger charge is -2.01. The molecule has 18 heavy (non-hydrogen) atoms. The number of nitrogens with two attached hydrogens (primary N) is 1. The Labute approximate surface area is 105 Å². The fraction of sp³-hybridized carbons (Fsp3) is 0. The van der Waals surface area contributed by atoms with Crippen LogP contribution in [0.2, 0.25) is 0 Å². The molecule has 90 valence electrons. The second-order valence-electron chi connectivity index (χ2n) is 3.82. The molecule has 7 heteroatoms. The molecule has 6 nitrogen and oxygen atoms in total. The molecule has 0 aliphatic carbocycles. The lowest BCUT2D eigenvalue weighted by molar-refractivity contribution is 0.0997. The zero-order chi connectivity index (χ0) is 12.9. The Morgan fingerprint density at radius 3 is 2.72 bits per heavy atom. The van der Waals surface area contributed by atoms with E-state index in [1.54, 1.807) is 28.7 Å². The second-order valence-corrected chi connectivity index (χ2v) is 4.21. The first-order valence-corrected chi connectivity index (χ1v) is 5.56. The maximum Gasteiger partial charge on any atom is 0.269 e. The van der Waals surface area contributed by atoms with Crippen LogP contribution in [-0.4, -0.2) is 20.3 Å². The first kappa shape index (κ1) is 10.7. The lowest BCUT2D eigenvalue weighted by Crippen LogP contribution is -2.15. The van der Waals surface area contributed by atoms with Gasteiger partial charge in [-0.15, -0.1) is 0 Å². The van der Waals surface area contributed by atoms with E-state index >= 15 is 0 Å². The largest absolute Gasteiger partial charge is 0.364 e. The van der Waals surface area contributed by atoms with E-state index in [-0.39, 0.29) is 16.9 Å². The van der Waals surface area contributed by atoms with Crippen LogP contribution in [0.4, 0.5) is 0 Å². The molecule has 0 radical (unpaired) electrons. The predicted octanol–water partition coefficient (Wildman–Crippen LogP) is 0.937. The van der Waals surface area contributed by atoms with E-state index in [0.29, 0.717) is 15.7 Å². The minimum atomic E-state index is -0.672. The summed E-state index contributed by atoms with van der Waals surface area (Å²) < 4.78 is 1.90. The van der Waals surface area contributed by atoms with Gasteiger partial charge in [0, 0.05) is 0 Å². The predicted molar refractivity (Wildman–Crippen MR) is 69.2 cm³/mol. The van der Waals surface area contributed by atoms with E-state index in [9.17, 15) is 9.59 Å². The Bertz CT molecular complexity index is 903. The van der Waals surface area contributed by atoms with E-state index in [0.717, 1.165) is 0 Å². The van der Waals surface area contributed by atoms with E-state index < -0.39 is 5.91 Å². The molecular weight excluding hydrogens is 252 g/mol. The van der Waals surface area contributed by atoms with Crippen molar-refractivity contribution in [1.29, 1.82) is 0 Å². The minimum absolute atomic E-state index is 0.0999. The van der Waals surface area contributed by atoms with Crippen molar-refractivity contribution in [3.8, 4) is 0 Å². The SMILES string of the molecule is NC(=O)c1[nH]c(=S)n2c1[nH]c(=O)c1ccccc12. The molecule has 0 atom stereocenters. The molecule has 0 aliphatic heterocycles. The number of carbonyl (C=O) groups excluding carboxylic acids is 1. The first-order valence-electron chi connectivity index (χ1n) is 5.15. The number of nitrogens with zero attached hydrogens (tertiary/aromatic N) is 1. The molecule has 0 fully saturated rings. The van der Waals surface area contributed by atoms with Crippen LogP contribution in [0.15, 0.2) is 29.1 Å². The number of rotatable bonds is 1. The van der Waals surface area contributed by atoms with Gasteiger partial charge in [0.2, 0.25) is 0 Å². The number of hydrogen-bond donors (Lipinski definition) is 3. The fourth-order valence-electron chi connectivity index (χ4n) is 2.00. The zero-order valence-corrected chi connectivity index (χ0v) is 9.88. The van der Waals surface area contributed by atoms with Gasteiger partial charge in [0.05, 0.1) is 10.9 Å². The lowest BCUT2D eigenvalue weighted by atomic mass is 10.2. The number of aromatic amines is 2. The second kappa shape index (κ2) is 3.54. The van der Waals surface area contributed by atoms with E-state index in [1.807, 2.05) is 0 Å². The molecule has 2 aromatic heterocycles. The summed E-state index contributed by atoms with van der Waals surface area (Å²) in [5.41, 5.74) is 5.96. The van der Waals surface area contributed by atoms with Gasteiger partial charge in [-0.3, -0.25) is 14.0 Å². The molecule has 1 aromatic carbocycles. The summed E-state index contributed by atoms with van der Waals surface area (Å²) in [6.45, 7) is 0. The monoisotopic (exact) mass is 260 g/mol. The Hall–Kier alpha value is -2.41. The number of nitrogens with one attached hydrogen (secondary N) is 2. The van der Waals surface area contributed by atoms with Gasteiger partial charge in [0.1, 0.15) is 11.3 Å². The van der Waals surface area contributed by atoms with Crippen molar-refractivity contribution in [2.75, 3.05) is 0 Å². The van der Waals surface area contributed by atoms with Crippen LogP contribution in [-0.2, 0) is 0 Å². The molecule has 3 rings (SSSR count). The molecule has 4 N–H and O–H groups in total. The van der Waals surface area contributed by atoms with Crippen molar-refractivity contribution in [1.82, 2.24) is 14.4 Å². The topological polar surface area (TPSA) is 96.2 Å². The van der Waals surface area contributed by atoms with Crippen molar-refractivity contribution in [3.05, 3.63) is 45.1 Å². The van der Waals surface area contributed by atoms with Crippen molar-refractivity contribution < 1.29 is 4.79 Å². The Morgan fingerprint density at radius 2 is 2.00 bits per heavy atom. The van der Waals surface area contributed by atoms with Crippen LogP contribution in [0, 0.1) is 4.77 Å². The van der Waals surface area contributed by atoms with Crippen molar-refractivity contribution in [2.24, 2.45) is 5.73 Å². The highest BCUT2D eigenvalue weighted by atomic mass is 32.1. The van der Waals surface area contributed by atoms with Crippen LogP contribution in [0.25, 0.3) is 16.6 Å². The van der Waals surface area contributed by atoms with Gasteiger partial charge in [-0.25, -0.2) is 0 Å². The average Bonchev–Trinajstić information content (AvgIpc) is 2.67. The van der Waals surface area contributed by atoms with Gasteiger partial charge < -0.3 is 15.7 Å². The standard InChI is InChI=1S/C11H8N4O2S/c12-8(16)7-9-14-10(17)5-3-1-2-4-6(5)15(9)11(18)13-7/h1-4H,(H2,12,16)(H,13,18)(H,14,17). The summed E-state index contributed by atoms with van der Waals surface area (Å²) in [6.07, 6.45) is 0. The average molecular weight is 260 g/mol. The molecule has 0 aliphatic rings. The summed E-state index contributed by atoms with van der Waals surface area (Å²) in [6, 6.07) is 6.99. The number of hydrogen-bond acceptors (Lipinski definition) is 3. The number of fused-ring (bicyclic) bond motifs is 3. The van der Waals surface area contributed by atoms with Gasteiger partial charge >= 0.3 is 0 Å². The number of amides is 1. The number of benzene rings is 1. The number of imidazole rings is 1. The summed E-state index contributed by atoms with van der Waals surface area (Å²) >= 11 is 5.14. The zero-order valence-electron chi connectivity index (χ0n) is 9.06. The minimum Gasteiger partial charge on any atom is -0.364 e. The molecule has 1 amide bonds. The van der Waals surface area contributed by atoms with Gasteiger partial charge in [0.15, 0.2) is 4.77 Å². The van der Waals surface area contributed by atoms with Gasteiger partial charge in [0.25, 0.3) is 11.5 Å². The third kappa shape index (κ3) is 1.31. The van der Waals surface area contributed by atoms with Gasteiger partial charge in [-0.05, 0) is 24.4 Å². The van der Waals surface area contributed by atoms with Crippen molar-refractivity contribution >= 4 is 34.7 Å². The third-order valence-corrected chi connectivity index (χ3v) is 3.05.